The molecule has 0 radical (unpaired) electrons. The standard InChI is InChI=1S/C48H75N5O10/c1-30-13-8-7-9-14-31(2)42(60-6)28-39-16-12-17-41(62-39)45(56)47(58)53-24-11-10-15-36(53)29-61-38(23-20-35-18-21-37(22-19-35)63-48(49)59)27-40(51-52-50)32(3)26-34(5)44(55)46(57)43(54)33(4)25-30/h7-9,13-14,26,30,32-33,35-42,44,46,55,57H,10-12,15-25,27-29H2,1-6H3,(H2,49,59)/b9-7?,13-8+,31-14?,34-26+/t30-,32-,33-,35?,36+,37?,38?,39+,40?,41?,42+,44-,46+/m1/s1. The molecule has 15 heteroatoms. The molecule has 2 saturated heterocycles. The van der Waals surface area contributed by atoms with Gasteiger partial charge in [-0.05, 0) is 138 Å². The van der Waals surface area contributed by atoms with Crippen molar-refractivity contribution in [2.75, 3.05) is 20.3 Å². The summed E-state index contributed by atoms with van der Waals surface area (Å²) in [6.07, 6.45) is 15.9. The van der Waals surface area contributed by atoms with Crippen molar-refractivity contribution in [2.24, 2.45) is 34.5 Å². The third kappa shape index (κ3) is 16.3. The van der Waals surface area contributed by atoms with Gasteiger partial charge in [0.15, 0.2) is 5.78 Å². The van der Waals surface area contributed by atoms with Crippen molar-refractivity contribution < 1.29 is 48.3 Å². The van der Waals surface area contributed by atoms with Gasteiger partial charge in [-0.15, -0.1) is 0 Å². The molecule has 4 aliphatic rings. The van der Waals surface area contributed by atoms with Gasteiger partial charge in [0.25, 0.3) is 5.91 Å². The average molecular weight is 882 g/mol. The summed E-state index contributed by atoms with van der Waals surface area (Å²) in [6, 6.07) is -0.940. The van der Waals surface area contributed by atoms with Gasteiger partial charge in [0, 0.05) is 36.9 Å². The van der Waals surface area contributed by atoms with Crippen LogP contribution >= 0.6 is 0 Å². The molecule has 2 amide bonds. The lowest BCUT2D eigenvalue weighted by Crippen LogP contribution is -2.52. The predicted molar refractivity (Wildman–Crippen MR) is 240 cm³/mol. The van der Waals surface area contributed by atoms with Crippen LogP contribution in [0.2, 0.25) is 0 Å². The summed E-state index contributed by atoms with van der Waals surface area (Å²) in [6.45, 7) is 9.88. The molecule has 4 rings (SSSR count). The van der Waals surface area contributed by atoms with E-state index in [9.17, 15) is 34.9 Å². The molecule has 3 fully saturated rings. The maximum Gasteiger partial charge on any atom is 0.404 e. The number of nitrogens with two attached hydrogens (primary N) is 1. The number of aliphatic hydroxyl groups excluding tert-OH is 2. The van der Waals surface area contributed by atoms with Gasteiger partial charge in [0.05, 0.1) is 31.0 Å². The van der Waals surface area contributed by atoms with Crippen LogP contribution in [-0.2, 0) is 33.3 Å². The average Bonchev–Trinajstić information content (AvgIpc) is 3.27. The molecule has 15 nitrogen and oxygen atoms in total. The van der Waals surface area contributed by atoms with Crippen LogP contribution in [0, 0.1) is 23.7 Å². The maximum atomic E-state index is 14.0. The number of ether oxygens (including phenoxy) is 4. The molecule has 0 aromatic rings. The summed E-state index contributed by atoms with van der Waals surface area (Å²) in [7, 11) is 1.65. The van der Waals surface area contributed by atoms with E-state index in [0.717, 1.165) is 50.5 Å². The van der Waals surface area contributed by atoms with Gasteiger partial charge >= 0.3 is 6.09 Å². The molecule has 0 aromatic carbocycles. The number of Topliss-reactive ketones (excluding diaryl/α,β-unsaturated/α-hetero) is 2. The van der Waals surface area contributed by atoms with Gasteiger partial charge in [0.2, 0.25) is 5.78 Å². The fourth-order valence-electron chi connectivity index (χ4n) is 9.74. The Kier molecular flexibility index (Phi) is 21.5. The first-order chi connectivity index (χ1) is 30.1. The highest BCUT2D eigenvalue weighted by atomic mass is 16.6. The highest BCUT2D eigenvalue weighted by molar-refractivity contribution is 6.37. The molecule has 2 bridgehead atoms. The molecule has 0 spiro atoms. The van der Waals surface area contributed by atoms with E-state index < -0.39 is 59.8 Å². The number of hydrogen-bond acceptors (Lipinski definition) is 11. The van der Waals surface area contributed by atoms with E-state index in [4.69, 9.17) is 24.7 Å². The Morgan fingerprint density at radius 3 is 2.37 bits per heavy atom. The number of carbonyl (C=O) groups is 4. The number of rotatable bonds is 6. The Hall–Kier alpha value is -3.85. The quantitative estimate of drug-likeness (QED) is 0.0772. The summed E-state index contributed by atoms with van der Waals surface area (Å²) in [4.78, 5) is 57.5. The first kappa shape index (κ1) is 51.8. The molecule has 1 saturated carbocycles. The molecule has 3 unspecified atom stereocenters. The summed E-state index contributed by atoms with van der Waals surface area (Å²) in [5.74, 6) is -2.09. The Morgan fingerprint density at radius 2 is 1.67 bits per heavy atom. The lowest BCUT2D eigenvalue weighted by atomic mass is 9.83. The van der Waals surface area contributed by atoms with Crippen molar-refractivity contribution in [1.29, 1.82) is 0 Å². The summed E-state index contributed by atoms with van der Waals surface area (Å²) >= 11 is 0. The van der Waals surface area contributed by atoms with Crippen LogP contribution < -0.4 is 5.73 Å². The number of carbonyl (C=O) groups excluding carboxylic acids is 4. The van der Waals surface area contributed by atoms with E-state index in [0.29, 0.717) is 69.4 Å². The Balaban J connectivity index is 1.61. The normalized spacial score (nSPS) is 36.8. The number of nitrogens with zero attached hydrogens (tertiary/aromatic N) is 4. The number of allylic oxidation sites excluding steroid dienone is 5. The number of azide groups is 1. The minimum absolute atomic E-state index is 0.0137. The number of fused-ring (bicyclic) bond motifs is 3. The number of aliphatic hydroxyl groups is 2. The molecule has 3 aliphatic heterocycles. The van der Waals surface area contributed by atoms with Crippen molar-refractivity contribution >= 4 is 23.6 Å². The van der Waals surface area contributed by atoms with E-state index in [2.05, 4.69) is 10.0 Å². The van der Waals surface area contributed by atoms with Crippen LogP contribution in [0.3, 0.4) is 0 Å². The zero-order valence-electron chi connectivity index (χ0n) is 38.5. The number of hydrogen-bond donors (Lipinski definition) is 3. The fourth-order valence-corrected chi connectivity index (χ4v) is 9.74. The summed E-state index contributed by atoms with van der Waals surface area (Å²) < 4.78 is 24.1. The van der Waals surface area contributed by atoms with Gasteiger partial charge in [-0.2, -0.15) is 0 Å². The second-order valence-electron chi connectivity index (χ2n) is 18.6. The number of piperidine rings is 1. The fraction of sp³-hybridized carbons (Fsp3) is 0.750. The molecule has 3 heterocycles. The molecule has 352 valence electrons. The molecule has 11 atom stereocenters. The van der Waals surface area contributed by atoms with E-state index in [1.54, 1.807) is 31.9 Å². The summed E-state index contributed by atoms with van der Waals surface area (Å²) in [5, 5.41) is 26.4. The topological polar surface area (TPSA) is 224 Å². The summed E-state index contributed by atoms with van der Waals surface area (Å²) in [5.41, 5.74) is 16.4. The lowest BCUT2D eigenvalue weighted by Gasteiger charge is -2.38. The Morgan fingerprint density at radius 1 is 0.921 bits per heavy atom. The van der Waals surface area contributed by atoms with Crippen LogP contribution in [0.15, 0.2) is 52.7 Å². The van der Waals surface area contributed by atoms with Crippen molar-refractivity contribution in [1.82, 2.24) is 4.90 Å². The second kappa shape index (κ2) is 26.2. The predicted octanol–water partition coefficient (Wildman–Crippen LogP) is 7.78. The van der Waals surface area contributed by atoms with Crippen molar-refractivity contribution in [3.05, 3.63) is 58.0 Å². The molecular weight excluding hydrogens is 807 g/mol. The van der Waals surface area contributed by atoms with Crippen LogP contribution in [0.1, 0.15) is 131 Å². The largest absolute Gasteiger partial charge is 0.446 e. The monoisotopic (exact) mass is 882 g/mol. The van der Waals surface area contributed by atoms with E-state index >= 15 is 0 Å². The number of primary amides is 1. The number of ketones is 2. The van der Waals surface area contributed by atoms with Gasteiger partial charge in [-0.1, -0.05) is 62.3 Å². The first-order valence-corrected chi connectivity index (χ1v) is 23.4. The highest BCUT2D eigenvalue weighted by Crippen LogP contribution is 2.33. The Labute approximate surface area is 374 Å². The minimum atomic E-state index is -1.63. The van der Waals surface area contributed by atoms with E-state index in [-0.39, 0.29) is 43.0 Å². The van der Waals surface area contributed by atoms with Crippen LogP contribution in [-0.4, -0.2) is 114 Å². The van der Waals surface area contributed by atoms with Crippen LogP contribution in [0.5, 0.6) is 0 Å². The zero-order chi connectivity index (χ0) is 46.1. The maximum absolute atomic E-state index is 14.0. The third-order valence-electron chi connectivity index (χ3n) is 13.6. The second-order valence-corrected chi connectivity index (χ2v) is 18.6. The SMILES string of the molecule is CO[C@H]1C[C@@H]2CCCC(O2)C(=O)C(=O)N2CCCC[C@H]2COC(CCC2CCC(OC(N)=O)CC2)CC(N=[N+]=[N-])[C@H](C)/C=C(\C)[C@@H](O)[C@@H](O)C(=O)[C@H](C)C[C@H](C)/C=C/C=CC=C1C. The molecular formula is C48H75N5O10. The smallest absolute Gasteiger partial charge is 0.404 e. The van der Waals surface area contributed by atoms with Gasteiger partial charge in [-0.25, -0.2) is 4.79 Å². The zero-order valence-corrected chi connectivity index (χ0v) is 38.5. The van der Waals surface area contributed by atoms with Crippen molar-refractivity contribution in [3.63, 3.8) is 0 Å². The molecule has 0 aromatic heterocycles. The van der Waals surface area contributed by atoms with Crippen LogP contribution in [0.4, 0.5) is 4.79 Å². The first-order valence-electron chi connectivity index (χ1n) is 23.4. The molecule has 4 N–H and O–H groups in total. The van der Waals surface area contributed by atoms with Gasteiger partial charge in [0.1, 0.15) is 24.4 Å². The lowest BCUT2D eigenvalue weighted by molar-refractivity contribution is -0.159. The highest BCUT2D eigenvalue weighted by Gasteiger charge is 2.39. The third-order valence-corrected chi connectivity index (χ3v) is 13.6. The molecule has 1 aliphatic carbocycles. The van der Waals surface area contributed by atoms with Gasteiger partial charge < -0.3 is 39.8 Å². The van der Waals surface area contributed by atoms with Crippen LogP contribution in [0.25, 0.3) is 10.4 Å². The Bertz CT molecular complexity index is 1680. The van der Waals surface area contributed by atoms with Crippen molar-refractivity contribution in [3.8, 4) is 0 Å². The number of methoxy groups -OCH3 is 1. The minimum Gasteiger partial charge on any atom is -0.446 e. The van der Waals surface area contributed by atoms with Crippen molar-refractivity contribution in [2.45, 2.75) is 186 Å². The number of amides is 2. The van der Waals surface area contributed by atoms with Gasteiger partial charge in [-0.3, -0.25) is 14.4 Å². The molecule has 63 heavy (non-hydrogen) atoms. The van der Waals surface area contributed by atoms with E-state index in [1.807, 2.05) is 51.2 Å². The van der Waals surface area contributed by atoms with E-state index in [1.165, 1.54) is 0 Å².